The first kappa shape index (κ1) is 23.5. The molecule has 1 aliphatic heterocycles. The molecular formula is C20H33ClN2O4. The van der Waals surface area contributed by atoms with E-state index in [1.165, 1.54) is 0 Å². The molecule has 0 aromatic heterocycles. The summed E-state index contributed by atoms with van der Waals surface area (Å²) < 4.78 is 16.9. The molecule has 2 rings (SSSR count). The van der Waals surface area contributed by atoms with Crippen LogP contribution in [0, 0.1) is 0 Å². The maximum atomic E-state index is 12.8. The predicted octanol–water partition coefficient (Wildman–Crippen LogP) is 3.27. The lowest BCUT2D eigenvalue weighted by atomic mass is 10.1. The van der Waals surface area contributed by atoms with E-state index >= 15 is 0 Å². The second kappa shape index (κ2) is 12.8. The van der Waals surface area contributed by atoms with Crippen molar-refractivity contribution in [1.82, 2.24) is 4.90 Å². The number of carbonyl (C=O) groups excluding carboxylic acids is 1. The van der Waals surface area contributed by atoms with Gasteiger partial charge in [-0.05, 0) is 50.4 Å². The van der Waals surface area contributed by atoms with Gasteiger partial charge in [0.05, 0.1) is 19.8 Å². The molecule has 27 heavy (non-hydrogen) atoms. The Bertz CT molecular complexity index is 563. The molecule has 1 fully saturated rings. The van der Waals surface area contributed by atoms with Gasteiger partial charge in [0.2, 0.25) is 0 Å². The number of nitrogens with two attached hydrogens (primary N) is 1. The molecule has 2 N–H and O–H groups in total. The van der Waals surface area contributed by atoms with Crippen molar-refractivity contribution in [3.8, 4) is 11.5 Å². The molecule has 0 radical (unpaired) electrons. The molecule has 154 valence electrons. The van der Waals surface area contributed by atoms with Gasteiger partial charge in [0.1, 0.15) is 0 Å². The Kier molecular flexibility index (Phi) is 11.2. The van der Waals surface area contributed by atoms with Crippen LogP contribution in [0.2, 0.25) is 0 Å². The molecule has 6 nitrogen and oxygen atoms in total. The number of amides is 1. The van der Waals surface area contributed by atoms with Gasteiger partial charge < -0.3 is 24.8 Å². The van der Waals surface area contributed by atoms with Crippen molar-refractivity contribution in [1.29, 1.82) is 0 Å². The highest BCUT2D eigenvalue weighted by atomic mass is 35.5. The van der Waals surface area contributed by atoms with Crippen LogP contribution in [0.5, 0.6) is 11.5 Å². The molecule has 0 aliphatic carbocycles. The maximum Gasteiger partial charge on any atom is 0.253 e. The third-order valence-electron chi connectivity index (χ3n) is 4.60. The molecule has 0 bridgehead atoms. The number of carbonyl (C=O) groups is 1. The minimum atomic E-state index is 0. The van der Waals surface area contributed by atoms with E-state index in [1.54, 1.807) is 13.2 Å². The van der Waals surface area contributed by atoms with Crippen molar-refractivity contribution in [3.63, 3.8) is 0 Å². The molecule has 1 saturated heterocycles. The minimum absolute atomic E-state index is 0. The van der Waals surface area contributed by atoms with E-state index in [1.807, 2.05) is 17.0 Å². The Hall–Kier alpha value is -1.50. The second-order valence-corrected chi connectivity index (χ2v) is 6.57. The van der Waals surface area contributed by atoms with E-state index in [0.29, 0.717) is 49.9 Å². The fourth-order valence-corrected chi connectivity index (χ4v) is 2.99. The van der Waals surface area contributed by atoms with Gasteiger partial charge in [0, 0.05) is 25.3 Å². The number of hydrogen-bond acceptors (Lipinski definition) is 5. The fraction of sp³-hybridized carbons (Fsp3) is 0.650. The first-order chi connectivity index (χ1) is 12.7. The minimum Gasteiger partial charge on any atom is -0.493 e. The Morgan fingerprint density at radius 1 is 1.19 bits per heavy atom. The van der Waals surface area contributed by atoms with E-state index in [4.69, 9.17) is 19.9 Å². The normalized spacial score (nSPS) is 14.6. The zero-order chi connectivity index (χ0) is 18.8. The standard InChI is InChI=1S/C20H32N2O4.ClH/c1-3-4-13-26-18-7-6-16(15-19(18)24-2)20(23)22-11-8-17(9-12-22)25-14-5-10-21;/h6-7,15,17H,3-5,8-14,21H2,1-2H3;1H. The largest absolute Gasteiger partial charge is 0.493 e. The fourth-order valence-electron chi connectivity index (χ4n) is 2.99. The number of benzene rings is 1. The lowest BCUT2D eigenvalue weighted by Gasteiger charge is -2.32. The molecule has 7 heteroatoms. The van der Waals surface area contributed by atoms with Crippen LogP contribution in [0.3, 0.4) is 0 Å². The molecule has 1 aliphatic rings. The third kappa shape index (κ3) is 7.20. The number of ether oxygens (including phenoxy) is 3. The summed E-state index contributed by atoms with van der Waals surface area (Å²) in [6.45, 7) is 5.54. The third-order valence-corrected chi connectivity index (χ3v) is 4.60. The van der Waals surface area contributed by atoms with Crippen molar-refractivity contribution in [2.24, 2.45) is 5.73 Å². The van der Waals surface area contributed by atoms with Gasteiger partial charge >= 0.3 is 0 Å². The molecule has 0 atom stereocenters. The molecule has 1 heterocycles. The average Bonchev–Trinajstić information content (AvgIpc) is 2.68. The average molecular weight is 401 g/mol. The first-order valence-corrected chi connectivity index (χ1v) is 9.61. The number of halogens is 1. The van der Waals surface area contributed by atoms with Gasteiger partial charge in [-0.15, -0.1) is 12.4 Å². The SMILES string of the molecule is CCCCOc1ccc(C(=O)N2CCC(OCCCN)CC2)cc1OC.Cl. The van der Waals surface area contributed by atoms with Crippen molar-refractivity contribution in [2.45, 2.75) is 45.1 Å². The van der Waals surface area contributed by atoms with Gasteiger partial charge in [-0.1, -0.05) is 13.3 Å². The van der Waals surface area contributed by atoms with E-state index in [9.17, 15) is 4.79 Å². The van der Waals surface area contributed by atoms with Crippen LogP contribution in [-0.2, 0) is 4.74 Å². The van der Waals surface area contributed by atoms with Crippen LogP contribution in [-0.4, -0.2) is 56.9 Å². The van der Waals surface area contributed by atoms with E-state index in [2.05, 4.69) is 6.92 Å². The lowest BCUT2D eigenvalue weighted by molar-refractivity contribution is 0.00844. The molecule has 1 aromatic carbocycles. The molecular weight excluding hydrogens is 368 g/mol. The molecule has 1 aromatic rings. The number of nitrogens with zero attached hydrogens (tertiary/aromatic N) is 1. The van der Waals surface area contributed by atoms with Gasteiger partial charge in [0.25, 0.3) is 5.91 Å². The van der Waals surface area contributed by atoms with Crippen molar-refractivity contribution < 1.29 is 19.0 Å². The van der Waals surface area contributed by atoms with Crippen LogP contribution < -0.4 is 15.2 Å². The number of likely N-dealkylation sites (tertiary alicyclic amines) is 1. The Morgan fingerprint density at radius 3 is 2.56 bits per heavy atom. The van der Waals surface area contributed by atoms with Crippen LogP contribution >= 0.6 is 12.4 Å². The van der Waals surface area contributed by atoms with Gasteiger partial charge in [-0.2, -0.15) is 0 Å². The summed E-state index contributed by atoms with van der Waals surface area (Å²) >= 11 is 0. The number of rotatable bonds is 10. The number of methoxy groups -OCH3 is 1. The first-order valence-electron chi connectivity index (χ1n) is 9.61. The monoisotopic (exact) mass is 400 g/mol. The summed E-state index contributed by atoms with van der Waals surface area (Å²) in [5.41, 5.74) is 6.12. The Morgan fingerprint density at radius 2 is 1.93 bits per heavy atom. The summed E-state index contributed by atoms with van der Waals surface area (Å²) in [4.78, 5) is 14.7. The Labute approximate surface area is 168 Å². The van der Waals surface area contributed by atoms with Crippen LogP contribution in [0.4, 0.5) is 0 Å². The van der Waals surface area contributed by atoms with Crippen LogP contribution in [0.15, 0.2) is 18.2 Å². The van der Waals surface area contributed by atoms with Gasteiger partial charge in [-0.25, -0.2) is 0 Å². The topological polar surface area (TPSA) is 74.0 Å². The zero-order valence-corrected chi connectivity index (χ0v) is 17.3. The van der Waals surface area contributed by atoms with E-state index in [0.717, 1.165) is 32.1 Å². The highest BCUT2D eigenvalue weighted by Crippen LogP contribution is 2.29. The van der Waals surface area contributed by atoms with Gasteiger partial charge in [0.15, 0.2) is 11.5 Å². The van der Waals surface area contributed by atoms with Crippen molar-refractivity contribution in [3.05, 3.63) is 23.8 Å². The molecule has 0 saturated carbocycles. The number of unbranched alkanes of at least 4 members (excludes halogenated alkanes) is 1. The zero-order valence-electron chi connectivity index (χ0n) is 16.4. The summed E-state index contributed by atoms with van der Waals surface area (Å²) in [5.74, 6) is 1.32. The number of hydrogen-bond donors (Lipinski definition) is 1. The van der Waals surface area contributed by atoms with Crippen LogP contribution in [0.25, 0.3) is 0 Å². The Balaban J connectivity index is 0.00000364. The molecule has 0 spiro atoms. The second-order valence-electron chi connectivity index (χ2n) is 6.57. The predicted molar refractivity (Wildman–Crippen MR) is 109 cm³/mol. The van der Waals surface area contributed by atoms with Crippen molar-refractivity contribution in [2.75, 3.05) is 40.0 Å². The molecule has 0 unspecified atom stereocenters. The smallest absolute Gasteiger partial charge is 0.253 e. The maximum absolute atomic E-state index is 12.8. The summed E-state index contributed by atoms with van der Waals surface area (Å²) in [5, 5.41) is 0. The van der Waals surface area contributed by atoms with Gasteiger partial charge in [-0.3, -0.25) is 4.79 Å². The van der Waals surface area contributed by atoms with E-state index < -0.39 is 0 Å². The molecule has 1 amide bonds. The summed E-state index contributed by atoms with van der Waals surface area (Å²) in [6, 6.07) is 5.41. The highest BCUT2D eigenvalue weighted by molar-refractivity contribution is 5.95. The van der Waals surface area contributed by atoms with E-state index in [-0.39, 0.29) is 24.4 Å². The van der Waals surface area contributed by atoms with Crippen LogP contribution in [0.1, 0.15) is 49.4 Å². The highest BCUT2D eigenvalue weighted by Gasteiger charge is 2.24. The lowest BCUT2D eigenvalue weighted by Crippen LogP contribution is -2.41. The summed E-state index contributed by atoms with van der Waals surface area (Å²) in [7, 11) is 1.60. The number of piperidine rings is 1. The summed E-state index contributed by atoms with van der Waals surface area (Å²) in [6.07, 6.45) is 4.91. The quantitative estimate of drug-likeness (QED) is 0.610. The van der Waals surface area contributed by atoms with Crippen molar-refractivity contribution >= 4 is 18.3 Å².